The van der Waals surface area contributed by atoms with Crippen LogP contribution in [-0.2, 0) is 0 Å². The van der Waals surface area contributed by atoms with E-state index in [0.29, 0.717) is 0 Å². The van der Waals surface area contributed by atoms with Gasteiger partial charge in [-0.05, 0) is 12.1 Å². The Morgan fingerprint density at radius 3 is 2.88 bits per heavy atom. The van der Waals surface area contributed by atoms with Crippen LogP contribution in [0.2, 0.25) is 0 Å². The van der Waals surface area contributed by atoms with Crippen molar-refractivity contribution in [1.29, 1.82) is 0 Å². The quantitative estimate of drug-likeness (QED) is 0.818. The highest BCUT2D eigenvalue weighted by Crippen LogP contribution is 2.34. The van der Waals surface area contributed by atoms with Crippen LogP contribution in [0.4, 0.5) is 10.1 Å². The highest BCUT2D eigenvalue weighted by molar-refractivity contribution is 7.17. The number of nitrogens with one attached hydrogen (secondary N) is 1. The lowest BCUT2D eigenvalue weighted by Crippen LogP contribution is -2.43. The monoisotopic (exact) mass is 236 g/mol. The summed E-state index contributed by atoms with van der Waals surface area (Å²) in [6, 6.07) is 5.30. The average Bonchev–Trinajstić information content (AvgIpc) is 2.75. The Hall–Kier alpha value is -1.13. The van der Waals surface area contributed by atoms with Gasteiger partial charge >= 0.3 is 0 Å². The summed E-state index contributed by atoms with van der Waals surface area (Å²) in [7, 11) is 0. The molecule has 0 saturated carbocycles. The summed E-state index contributed by atoms with van der Waals surface area (Å²) in [5, 5.41) is 6.16. The summed E-state index contributed by atoms with van der Waals surface area (Å²) in [6.45, 7) is 3.87. The second-order valence-corrected chi connectivity index (χ2v) is 4.88. The molecule has 2 nitrogen and oxygen atoms in total. The van der Waals surface area contributed by atoms with Crippen molar-refractivity contribution in [3.05, 3.63) is 29.4 Å². The van der Waals surface area contributed by atoms with E-state index >= 15 is 0 Å². The first-order valence-corrected chi connectivity index (χ1v) is 6.35. The molecular weight excluding hydrogens is 223 g/mol. The van der Waals surface area contributed by atoms with E-state index in [1.807, 2.05) is 6.07 Å². The molecule has 1 N–H and O–H groups in total. The molecule has 0 spiro atoms. The third-order valence-electron chi connectivity index (χ3n) is 2.99. The average molecular weight is 236 g/mol. The highest BCUT2D eigenvalue weighted by Gasteiger charge is 2.16. The van der Waals surface area contributed by atoms with Crippen LogP contribution >= 0.6 is 11.3 Å². The maximum absolute atomic E-state index is 13.8. The van der Waals surface area contributed by atoms with Crippen molar-refractivity contribution in [1.82, 2.24) is 5.32 Å². The molecular formula is C12H13FN2S. The number of benzene rings is 1. The van der Waals surface area contributed by atoms with E-state index in [1.54, 1.807) is 23.5 Å². The van der Waals surface area contributed by atoms with E-state index < -0.39 is 0 Å². The van der Waals surface area contributed by atoms with Gasteiger partial charge in [0, 0.05) is 36.3 Å². The smallest absolute Gasteiger partial charge is 0.133 e. The minimum absolute atomic E-state index is 0.104. The third-order valence-corrected chi connectivity index (χ3v) is 3.92. The van der Waals surface area contributed by atoms with Gasteiger partial charge in [0.15, 0.2) is 0 Å². The molecule has 2 heterocycles. The fraction of sp³-hybridized carbons (Fsp3) is 0.333. The lowest BCUT2D eigenvalue weighted by Gasteiger charge is -2.28. The van der Waals surface area contributed by atoms with Crippen molar-refractivity contribution in [2.24, 2.45) is 0 Å². The Balaban J connectivity index is 2.09. The van der Waals surface area contributed by atoms with Crippen LogP contribution in [0.1, 0.15) is 0 Å². The molecule has 0 bridgehead atoms. The number of nitrogens with zero attached hydrogens (tertiary/aromatic N) is 1. The fourth-order valence-electron chi connectivity index (χ4n) is 2.17. The predicted octanol–water partition coefficient (Wildman–Crippen LogP) is 2.45. The summed E-state index contributed by atoms with van der Waals surface area (Å²) in [5.74, 6) is -0.104. The van der Waals surface area contributed by atoms with Crippen LogP contribution in [0, 0.1) is 5.82 Å². The molecule has 0 amide bonds. The Morgan fingerprint density at radius 2 is 2.06 bits per heavy atom. The van der Waals surface area contributed by atoms with E-state index in [9.17, 15) is 4.39 Å². The summed E-state index contributed by atoms with van der Waals surface area (Å²) in [5.41, 5.74) is 1.06. The van der Waals surface area contributed by atoms with E-state index in [4.69, 9.17) is 0 Å². The molecule has 16 heavy (non-hydrogen) atoms. The van der Waals surface area contributed by atoms with E-state index in [0.717, 1.165) is 42.0 Å². The summed E-state index contributed by atoms with van der Waals surface area (Å²) < 4.78 is 14.8. The van der Waals surface area contributed by atoms with E-state index in [1.165, 1.54) is 0 Å². The minimum atomic E-state index is -0.104. The fourth-order valence-corrected chi connectivity index (χ4v) is 3.15. The first-order valence-electron chi connectivity index (χ1n) is 5.47. The number of fused-ring (bicyclic) bond motifs is 1. The first kappa shape index (κ1) is 10.1. The lowest BCUT2D eigenvalue weighted by atomic mass is 10.2. The molecule has 0 unspecified atom stereocenters. The first-order chi connectivity index (χ1) is 7.86. The van der Waals surface area contributed by atoms with E-state index in [-0.39, 0.29) is 5.82 Å². The molecule has 1 aromatic heterocycles. The topological polar surface area (TPSA) is 15.3 Å². The van der Waals surface area contributed by atoms with Gasteiger partial charge in [0.25, 0.3) is 0 Å². The molecule has 4 heteroatoms. The normalized spacial score (nSPS) is 16.9. The SMILES string of the molecule is Fc1cccc2scc(N3CCNCC3)c12. The maximum Gasteiger partial charge on any atom is 0.133 e. The van der Waals surface area contributed by atoms with E-state index in [2.05, 4.69) is 15.6 Å². The largest absolute Gasteiger partial charge is 0.368 e. The van der Waals surface area contributed by atoms with Crippen molar-refractivity contribution in [2.45, 2.75) is 0 Å². The second-order valence-electron chi connectivity index (χ2n) is 3.97. The van der Waals surface area contributed by atoms with Crippen LogP contribution in [0.3, 0.4) is 0 Å². The van der Waals surface area contributed by atoms with Crippen LogP contribution in [0.25, 0.3) is 10.1 Å². The zero-order valence-corrected chi connectivity index (χ0v) is 9.69. The third kappa shape index (κ3) is 1.58. The standard InChI is InChI=1S/C12H13FN2S/c13-9-2-1-3-11-12(9)10(8-16-11)15-6-4-14-5-7-15/h1-3,8,14H,4-7H2. The Kier molecular flexibility index (Phi) is 2.53. The van der Waals surface area contributed by atoms with Gasteiger partial charge < -0.3 is 10.2 Å². The number of thiophene rings is 1. The van der Waals surface area contributed by atoms with Crippen molar-refractivity contribution >= 4 is 27.1 Å². The number of rotatable bonds is 1. The van der Waals surface area contributed by atoms with Crippen molar-refractivity contribution in [2.75, 3.05) is 31.1 Å². The molecule has 2 aromatic rings. The second kappa shape index (κ2) is 4.03. The Bertz CT molecular complexity index is 503. The number of anilines is 1. The van der Waals surface area contributed by atoms with Crippen molar-refractivity contribution in [3.8, 4) is 0 Å². The van der Waals surface area contributed by atoms with Crippen LogP contribution in [0.5, 0.6) is 0 Å². The maximum atomic E-state index is 13.8. The van der Waals surface area contributed by atoms with Crippen LogP contribution < -0.4 is 10.2 Å². The number of piperazine rings is 1. The predicted molar refractivity (Wildman–Crippen MR) is 66.9 cm³/mol. The van der Waals surface area contributed by atoms with Gasteiger partial charge in [0.1, 0.15) is 5.82 Å². The molecule has 84 valence electrons. The van der Waals surface area contributed by atoms with Gasteiger partial charge in [-0.3, -0.25) is 0 Å². The lowest BCUT2D eigenvalue weighted by molar-refractivity contribution is 0.589. The Morgan fingerprint density at radius 1 is 1.25 bits per heavy atom. The van der Waals surface area contributed by atoms with Gasteiger partial charge in [0.2, 0.25) is 0 Å². The number of hydrogen-bond acceptors (Lipinski definition) is 3. The Labute approximate surface area is 97.7 Å². The van der Waals surface area contributed by atoms with Crippen LogP contribution in [-0.4, -0.2) is 26.2 Å². The molecule has 1 saturated heterocycles. The summed E-state index contributed by atoms with van der Waals surface area (Å²) in [4.78, 5) is 2.26. The zero-order chi connectivity index (χ0) is 11.0. The molecule has 1 aliphatic rings. The van der Waals surface area contributed by atoms with Gasteiger partial charge in [-0.15, -0.1) is 11.3 Å². The minimum Gasteiger partial charge on any atom is -0.368 e. The zero-order valence-electron chi connectivity index (χ0n) is 8.87. The number of hydrogen-bond donors (Lipinski definition) is 1. The summed E-state index contributed by atoms with van der Waals surface area (Å²) >= 11 is 1.62. The van der Waals surface area contributed by atoms with Crippen LogP contribution in [0.15, 0.2) is 23.6 Å². The summed E-state index contributed by atoms with van der Waals surface area (Å²) in [6.07, 6.45) is 0. The molecule has 1 aromatic carbocycles. The molecule has 0 atom stereocenters. The van der Waals surface area contributed by atoms with Gasteiger partial charge in [0.05, 0.1) is 11.1 Å². The molecule has 1 fully saturated rings. The molecule has 1 aliphatic heterocycles. The molecule has 0 radical (unpaired) electrons. The van der Waals surface area contributed by atoms with Gasteiger partial charge in [-0.1, -0.05) is 6.07 Å². The molecule has 3 rings (SSSR count). The van der Waals surface area contributed by atoms with Gasteiger partial charge in [-0.25, -0.2) is 4.39 Å². The van der Waals surface area contributed by atoms with Gasteiger partial charge in [-0.2, -0.15) is 0 Å². The molecule has 0 aliphatic carbocycles. The number of halogens is 1. The highest BCUT2D eigenvalue weighted by atomic mass is 32.1. The van der Waals surface area contributed by atoms with Crippen molar-refractivity contribution < 1.29 is 4.39 Å². The van der Waals surface area contributed by atoms with Crippen molar-refractivity contribution in [3.63, 3.8) is 0 Å².